The van der Waals surface area contributed by atoms with Gasteiger partial charge in [0, 0.05) is 6.20 Å². The summed E-state index contributed by atoms with van der Waals surface area (Å²) in [5.41, 5.74) is 4.04. The second kappa shape index (κ2) is 7.16. The number of halogens is 4. The molecule has 0 bridgehead atoms. The molecule has 2 aromatic heterocycles. The molecule has 7 nitrogen and oxygen atoms in total. The van der Waals surface area contributed by atoms with Crippen molar-refractivity contribution in [1.29, 1.82) is 0 Å². The Kier molecular flexibility index (Phi) is 5.42. The molecule has 0 atom stereocenters. The van der Waals surface area contributed by atoms with Crippen molar-refractivity contribution >= 4 is 28.1 Å². The predicted octanol–water partition coefficient (Wildman–Crippen LogP) is 2.17. The Morgan fingerprint density at radius 1 is 1.42 bits per heavy atom. The summed E-state index contributed by atoms with van der Waals surface area (Å²) < 4.78 is 39.7. The molecule has 0 radical (unpaired) electrons. The lowest BCUT2D eigenvalue weighted by Gasteiger charge is -2.04. The van der Waals surface area contributed by atoms with Gasteiger partial charge in [-0.3, -0.25) is 14.2 Å². The molecule has 0 spiro atoms. The van der Waals surface area contributed by atoms with Crippen LogP contribution in [0.4, 0.5) is 13.2 Å². The van der Waals surface area contributed by atoms with Gasteiger partial charge in [0.25, 0.3) is 5.91 Å². The van der Waals surface area contributed by atoms with Gasteiger partial charge in [-0.05, 0) is 35.8 Å². The molecule has 2 rings (SSSR count). The van der Waals surface area contributed by atoms with Crippen LogP contribution in [-0.2, 0) is 17.9 Å². The molecule has 0 aliphatic carbocycles. The van der Waals surface area contributed by atoms with Gasteiger partial charge in [-0.25, -0.2) is 5.43 Å². The SMILES string of the molecule is Cc1nn(CC(=O)N/N=C/c2ccn(CC(F)(F)F)n2)c(C)c1Br. The lowest BCUT2D eigenvalue weighted by atomic mass is 10.4. The molecule has 0 unspecified atom stereocenters. The predicted molar refractivity (Wildman–Crippen MR) is 83.4 cm³/mol. The molecular weight excluding hydrogens is 393 g/mol. The summed E-state index contributed by atoms with van der Waals surface area (Å²) in [7, 11) is 0. The van der Waals surface area contributed by atoms with Crippen LogP contribution in [-0.4, -0.2) is 37.9 Å². The standard InChI is InChI=1S/C13H14BrF3N6O/c1-8-12(14)9(2)23(20-8)6-11(24)19-18-5-10-3-4-22(21-10)7-13(15,16)17/h3-5H,6-7H2,1-2H3,(H,19,24)/b18-5+. The molecule has 2 aromatic rings. The second-order valence-electron chi connectivity index (χ2n) is 4.99. The molecule has 11 heteroatoms. The fourth-order valence-corrected chi connectivity index (χ4v) is 2.17. The first-order valence-electron chi connectivity index (χ1n) is 6.77. The van der Waals surface area contributed by atoms with E-state index >= 15 is 0 Å². The number of nitrogens with one attached hydrogen (secondary N) is 1. The summed E-state index contributed by atoms with van der Waals surface area (Å²) in [6.07, 6.45) is -1.99. The Hall–Kier alpha value is -2.17. The van der Waals surface area contributed by atoms with E-state index in [1.165, 1.54) is 23.2 Å². The number of aryl methyl sites for hydroxylation is 1. The number of hydrogen-bond donors (Lipinski definition) is 1. The second-order valence-corrected chi connectivity index (χ2v) is 5.78. The van der Waals surface area contributed by atoms with E-state index in [2.05, 4.69) is 36.7 Å². The van der Waals surface area contributed by atoms with E-state index in [9.17, 15) is 18.0 Å². The maximum Gasteiger partial charge on any atom is 0.408 e. The third-order valence-corrected chi connectivity index (χ3v) is 4.12. The van der Waals surface area contributed by atoms with Crippen LogP contribution in [0.5, 0.6) is 0 Å². The van der Waals surface area contributed by atoms with E-state index in [-0.39, 0.29) is 12.2 Å². The highest BCUT2D eigenvalue weighted by molar-refractivity contribution is 9.10. The smallest absolute Gasteiger partial charge is 0.271 e. The number of aromatic nitrogens is 4. The first kappa shape index (κ1) is 18.2. The number of carbonyl (C=O) groups is 1. The molecule has 0 aliphatic heterocycles. The number of rotatable bonds is 5. The number of hydrogen-bond acceptors (Lipinski definition) is 4. The minimum absolute atomic E-state index is 0.0296. The highest BCUT2D eigenvalue weighted by Gasteiger charge is 2.28. The molecule has 1 amide bonds. The zero-order valence-corrected chi connectivity index (χ0v) is 14.4. The Bertz CT molecular complexity index is 764. The fourth-order valence-electron chi connectivity index (χ4n) is 1.89. The van der Waals surface area contributed by atoms with E-state index < -0.39 is 18.6 Å². The molecule has 0 aromatic carbocycles. The van der Waals surface area contributed by atoms with Crippen LogP contribution in [0, 0.1) is 13.8 Å². The number of amides is 1. The minimum atomic E-state index is -4.34. The lowest BCUT2D eigenvalue weighted by molar-refractivity contribution is -0.142. The quantitative estimate of drug-likeness (QED) is 0.610. The summed E-state index contributed by atoms with van der Waals surface area (Å²) in [5, 5.41) is 11.5. The maximum atomic E-state index is 12.2. The third kappa shape index (κ3) is 4.91. The Balaban J connectivity index is 1.89. The molecule has 1 N–H and O–H groups in total. The largest absolute Gasteiger partial charge is 0.408 e. The van der Waals surface area contributed by atoms with Crippen molar-refractivity contribution in [3.63, 3.8) is 0 Å². The number of carbonyl (C=O) groups excluding carboxylic acids is 1. The van der Waals surface area contributed by atoms with Crippen molar-refractivity contribution in [3.8, 4) is 0 Å². The summed E-state index contributed by atoms with van der Waals surface area (Å²) in [5.74, 6) is -0.418. The van der Waals surface area contributed by atoms with Gasteiger partial charge in [0.2, 0.25) is 0 Å². The van der Waals surface area contributed by atoms with E-state index in [0.29, 0.717) is 0 Å². The zero-order chi connectivity index (χ0) is 17.9. The van der Waals surface area contributed by atoms with Gasteiger partial charge in [-0.2, -0.15) is 28.5 Å². The number of alkyl halides is 3. The van der Waals surface area contributed by atoms with Crippen molar-refractivity contribution in [1.82, 2.24) is 25.0 Å². The van der Waals surface area contributed by atoms with Crippen molar-refractivity contribution in [2.75, 3.05) is 0 Å². The molecule has 2 heterocycles. The fraction of sp³-hybridized carbons (Fsp3) is 0.385. The van der Waals surface area contributed by atoms with Crippen LogP contribution in [0.25, 0.3) is 0 Å². The molecule has 130 valence electrons. The van der Waals surface area contributed by atoms with E-state index in [1.807, 2.05) is 6.92 Å². The van der Waals surface area contributed by atoms with Gasteiger partial charge in [0.05, 0.1) is 22.1 Å². The highest BCUT2D eigenvalue weighted by Crippen LogP contribution is 2.19. The summed E-state index contributed by atoms with van der Waals surface area (Å²) in [6.45, 7) is 2.41. The van der Waals surface area contributed by atoms with Crippen LogP contribution in [0.1, 0.15) is 17.1 Å². The van der Waals surface area contributed by atoms with Gasteiger partial charge >= 0.3 is 6.18 Å². The molecule has 0 saturated carbocycles. The number of nitrogens with zero attached hydrogens (tertiary/aromatic N) is 5. The van der Waals surface area contributed by atoms with E-state index in [0.717, 1.165) is 20.5 Å². The van der Waals surface area contributed by atoms with Gasteiger partial charge in [-0.1, -0.05) is 0 Å². The Morgan fingerprint density at radius 3 is 2.71 bits per heavy atom. The number of hydrazone groups is 1. The summed E-state index contributed by atoms with van der Waals surface area (Å²) in [4.78, 5) is 11.8. The highest BCUT2D eigenvalue weighted by atomic mass is 79.9. The third-order valence-electron chi connectivity index (χ3n) is 2.98. The Labute approximate surface area is 143 Å². The van der Waals surface area contributed by atoms with Crippen LogP contribution in [0.2, 0.25) is 0 Å². The Morgan fingerprint density at radius 2 is 2.12 bits per heavy atom. The van der Waals surface area contributed by atoms with Gasteiger partial charge in [-0.15, -0.1) is 0 Å². The summed E-state index contributed by atoms with van der Waals surface area (Å²) >= 11 is 3.36. The maximum absolute atomic E-state index is 12.2. The normalized spacial score (nSPS) is 12.1. The average molecular weight is 407 g/mol. The van der Waals surface area contributed by atoms with Crippen LogP contribution >= 0.6 is 15.9 Å². The first-order valence-corrected chi connectivity index (χ1v) is 7.56. The minimum Gasteiger partial charge on any atom is -0.271 e. The van der Waals surface area contributed by atoms with Crippen molar-refractivity contribution in [3.05, 3.63) is 33.8 Å². The topological polar surface area (TPSA) is 77.1 Å². The first-order chi connectivity index (χ1) is 11.2. The van der Waals surface area contributed by atoms with Crippen LogP contribution in [0.3, 0.4) is 0 Å². The zero-order valence-electron chi connectivity index (χ0n) is 12.8. The monoisotopic (exact) mass is 406 g/mol. The van der Waals surface area contributed by atoms with Gasteiger partial charge < -0.3 is 0 Å². The molecular formula is C13H14BrF3N6O. The molecule has 0 saturated heterocycles. The van der Waals surface area contributed by atoms with E-state index in [1.54, 1.807) is 6.92 Å². The molecule has 0 fully saturated rings. The van der Waals surface area contributed by atoms with Gasteiger partial charge in [0.1, 0.15) is 18.8 Å². The van der Waals surface area contributed by atoms with Crippen LogP contribution in [0.15, 0.2) is 21.8 Å². The van der Waals surface area contributed by atoms with Crippen molar-refractivity contribution in [2.45, 2.75) is 33.1 Å². The van der Waals surface area contributed by atoms with Crippen molar-refractivity contribution in [2.24, 2.45) is 5.10 Å². The van der Waals surface area contributed by atoms with E-state index in [4.69, 9.17) is 0 Å². The van der Waals surface area contributed by atoms with Crippen LogP contribution < -0.4 is 5.43 Å². The summed E-state index contributed by atoms with van der Waals surface area (Å²) in [6, 6.07) is 1.36. The van der Waals surface area contributed by atoms with Crippen molar-refractivity contribution < 1.29 is 18.0 Å². The molecule has 0 aliphatic rings. The molecule has 24 heavy (non-hydrogen) atoms. The lowest BCUT2D eigenvalue weighted by Crippen LogP contribution is -2.24. The average Bonchev–Trinajstić information content (AvgIpc) is 2.98. The van der Waals surface area contributed by atoms with Gasteiger partial charge in [0.15, 0.2) is 0 Å².